The first-order valence-corrected chi connectivity index (χ1v) is 11.6. The van der Waals surface area contributed by atoms with Gasteiger partial charge in [-0.15, -0.1) is 0 Å². The van der Waals surface area contributed by atoms with E-state index in [0.717, 1.165) is 5.56 Å². The molecular weight excluding hydrogens is 477 g/mol. The molecule has 5 N–H and O–H groups in total. The number of methoxy groups -OCH3 is 1. The van der Waals surface area contributed by atoms with E-state index < -0.39 is 11.7 Å². The lowest BCUT2D eigenvalue weighted by molar-refractivity contribution is -0.117. The summed E-state index contributed by atoms with van der Waals surface area (Å²) in [7, 11) is 3.00. The van der Waals surface area contributed by atoms with Crippen molar-refractivity contribution >= 4 is 40.6 Å². The number of aromatic amines is 1. The summed E-state index contributed by atoms with van der Waals surface area (Å²) in [6, 6.07) is 9.77. The monoisotopic (exact) mass is 503 g/mol. The van der Waals surface area contributed by atoms with Gasteiger partial charge in [0.05, 0.1) is 29.6 Å². The van der Waals surface area contributed by atoms with Gasteiger partial charge in [0.2, 0.25) is 11.9 Å². The van der Waals surface area contributed by atoms with Crippen molar-refractivity contribution in [3.63, 3.8) is 0 Å². The molecule has 0 atom stereocenters. The molecule has 0 radical (unpaired) electrons. The molecule has 0 aliphatic carbocycles. The number of hydrogen-bond acceptors (Lipinski definition) is 7. The highest BCUT2D eigenvalue weighted by Crippen LogP contribution is 2.43. The summed E-state index contributed by atoms with van der Waals surface area (Å²) in [4.78, 5) is 36.7. The van der Waals surface area contributed by atoms with Gasteiger partial charge in [-0.05, 0) is 35.9 Å². The molecule has 11 heteroatoms. The fraction of sp³-hybridized carbons (Fsp3) is 0.231. The van der Waals surface area contributed by atoms with Gasteiger partial charge >= 0.3 is 0 Å². The first-order valence-electron chi connectivity index (χ1n) is 11.6. The number of anilines is 5. The van der Waals surface area contributed by atoms with E-state index in [2.05, 4.69) is 36.2 Å². The van der Waals surface area contributed by atoms with Crippen LogP contribution in [0.5, 0.6) is 5.75 Å². The molecule has 0 fully saturated rings. The third kappa shape index (κ3) is 4.39. The van der Waals surface area contributed by atoms with E-state index in [4.69, 9.17) is 4.74 Å². The van der Waals surface area contributed by atoms with E-state index in [1.54, 1.807) is 31.5 Å². The highest BCUT2D eigenvalue weighted by Gasteiger charge is 2.33. The molecule has 3 aliphatic heterocycles. The zero-order chi connectivity index (χ0) is 26.3. The minimum Gasteiger partial charge on any atom is -0.495 e. The summed E-state index contributed by atoms with van der Waals surface area (Å²) in [5, 5.41) is 11.7. The van der Waals surface area contributed by atoms with Crippen LogP contribution in [0.1, 0.15) is 36.2 Å². The Morgan fingerprint density at radius 3 is 2.73 bits per heavy atom. The van der Waals surface area contributed by atoms with E-state index in [1.165, 1.54) is 19.2 Å². The summed E-state index contributed by atoms with van der Waals surface area (Å²) < 4.78 is 20.2. The molecule has 2 amide bonds. The topological polar surface area (TPSA) is 133 Å². The maximum absolute atomic E-state index is 14.5. The van der Waals surface area contributed by atoms with Crippen molar-refractivity contribution in [2.45, 2.75) is 25.7 Å². The Morgan fingerprint density at radius 1 is 1.16 bits per heavy atom. The third-order valence-electron chi connectivity index (χ3n) is 6.33. The number of ether oxygens (including phenoxy) is 1. The van der Waals surface area contributed by atoms with Crippen molar-refractivity contribution in [3.05, 3.63) is 59.5 Å². The van der Waals surface area contributed by atoms with E-state index in [9.17, 15) is 14.0 Å². The average molecular weight is 504 g/mol. The number of nitrogens with one attached hydrogen (secondary N) is 5. The van der Waals surface area contributed by atoms with Crippen molar-refractivity contribution in [2.24, 2.45) is 0 Å². The van der Waals surface area contributed by atoms with Gasteiger partial charge in [0, 0.05) is 30.8 Å². The van der Waals surface area contributed by atoms with Crippen LogP contribution in [0.4, 0.5) is 33.2 Å². The van der Waals surface area contributed by atoms with Gasteiger partial charge < -0.3 is 31.0 Å². The zero-order valence-electron chi connectivity index (χ0n) is 20.7. The summed E-state index contributed by atoms with van der Waals surface area (Å²) in [5.41, 5.74) is 2.64. The molecule has 0 unspecified atom stereocenters. The van der Waals surface area contributed by atoms with Crippen LogP contribution in [0.3, 0.4) is 0 Å². The molecule has 2 aromatic carbocycles. The standard InChI is InChI=1S/C26H26FN7O3/c1-26(2)12-20(35)30-17-11-18(19(37-4)10-14(17)26)32-25-33-22-13(8-9-29-22)23(34-25)31-16-7-5-6-15(27)21(16)24(36)28-3/h5-11H,12H2,1-4H3,(H,28,36)(H,30,35)(H3,29,31,32,33,34). The summed E-state index contributed by atoms with van der Waals surface area (Å²) in [6.07, 6.45) is 1.98. The maximum atomic E-state index is 14.5. The number of rotatable bonds is 6. The van der Waals surface area contributed by atoms with Gasteiger partial charge in [-0.2, -0.15) is 4.98 Å². The number of H-pyrrole nitrogens is 1. The molecule has 0 bridgehead atoms. The van der Waals surface area contributed by atoms with Crippen LogP contribution in [0.15, 0.2) is 42.6 Å². The maximum Gasteiger partial charge on any atom is 0.256 e. The lowest BCUT2D eigenvalue weighted by Crippen LogP contribution is -2.32. The number of amides is 2. The highest BCUT2D eigenvalue weighted by molar-refractivity contribution is 6.01. The van der Waals surface area contributed by atoms with Gasteiger partial charge in [-0.3, -0.25) is 9.59 Å². The molecule has 0 aromatic heterocycles. The first-order chi connectivity index (χ1) is 17.7. The van der Waals surface area contributed by atoms with Crippen molar-refractivity contribution in [2.75, 3.05) is 30.1 Å². The van der Waals surface area contributed by atoms with Crippen molar-refractivity contribution in [1.29, 1.82) is 0 Å². The number of aromatic nitrogens is 3. The molecule has 0 spiro atoms. The van der Waals surface area contributed by atoms with Crippen LogP contribution in [-0.2, 0) is 10.2 Å². The highest BCUT2D eigenvalue weighted by atomic mass is 19.1. The van der Waals surface area contributed by atoms with Crippen LogP contribution < -0.4 is 26.0 Å². The van der Waals surface area contributed by atoms with Crippen molar-refractivity contribution in [1.82, 2.24) is 20.3 Å². The van der Waals surface area contributed by atoms with Gasteiger partial charge in [0.15, 0.2) is 0 Å². The number of carbonyl (C=O) groups excluding carboxylic acids is 2. The van der Waals surface area contributed by atoms with Crippen molar-refractivity contribution in [3.8, 4) is 17.1 Å². The van der Waals surface area contributed by atoms with Gasteiger partial charge in [0.25, 0.3) is 5.91 Å². The third-order valence-corrected chi connectivity index (χ3v) is 6.33. The fourth-order valence-electron chi connectivity index (χ4n) is 4.53. The molecule has 0 saturated heterocycles. The Bertz CT molecular complexity index is 1500. The second kappa shape index (κ2) is 9.08. The molecule has 190 valence electrons. The van der Waals surface area contributed by atoms with E-state index in [0.29, 0.717) is 46.7 Å². The Balaban J connectivity index is 1.55. The lowest BCUT2D eigenvalue weighted by Gasteiger charge is -2.33. The predicted octanol–water partition coefficient (Wildman–Crippen LogP) is 4.52. The molecule has 37 heavy (non-hydrogen) atoms. The van der Waals surface area contributed by atoms with Crippen LogP contribution >= 0.6 is 0 Å². The number of hydrogen-bond donors (Lipinski definition) is 5. The summed E-state index contributed by atoms with van der Waals surface area (Å²) in [6.45, 7) is 4.03. The molecule has 5 rings (SSSR count). The van der Waals surface area contributed by atoms with Gasteiger partial charge in [-0.25, -0.2) is 9.37 Å². The Labute approximate surface area is 212 Å². The molecule has 0 saturated carbocycles. The van der Waals surface area contributed by atoms with Crippen LogP contribution in [0.25, 0.3) is 11.4 Å². The van der Waals surface area contributed by atoms with E-state index in [-0.39, 0.29) is 22.6 Å². The van der Waals surface area contributed by atoms with E-state index in [1.807, 2.05) is 19.9 Å². The van der Waals surface area contributed by atoms with Crippen LogP contribution in [0.2, 0.25) is 0 Å². The fourth-order valence-corrected chi connectivity index (χ4v) is 4.53. The van der Waals surface area contributed by atoms with E-state index >= 15 is 0 Å². The Kier molecular flexibility index (Phi) is 5.90. The zero-order valence-corrected chi connectivity index (χ0v) is 20.7. The quantitative estimate of drug-likeness (QED) is 0.261. The molecule has 3 heterocycles. The number of fused-ring (bicyclic) bond motifs is 2. The largest absolute Gasteiger partial charge is 0.495 e. The molecule has 2 aromatic rings. The smallest absolute Gasteiger partial charge is 0.256 e. The SMILES string of the molecule is CNC(=O)c1c(F)cccc1Nc1nc(Nc2cc3c(cc2OC)C(C)(C)CC(=O)N3)[nH]c2nccc1-2. The normalized spacial score (nSPS) is 14.0. The Morgan fingerprint density at radius 2 is 1.97 bits per heavy atom. The summed E-state index contributed by atoms with van der Waals surface area (Å²) >= 11 is 0. The molecule has 3 aliphatic rings. The number of nitrogens with zero attached hydrogens (tertiary/aromatic N) is 2. The van der Waals surface area contributed by atoms with Crippen LogP contribution in [-0.4, -0.2) is 40.9 Å². The minimum absolute atomic E-state index is 0.0609. The first kappa shape index (κ1) is 24.0. The molecular formula is C26H26FN7O3. The number of halogens is 1. The Hall–Kier alpha value is -4.67. The minimum atomic E-state index is -0.661. The predicted molar refractivity (Wildman–Crippen MR) is 139 cm³/mol. The second-order valence-electron chi connectivity index (χ2n) is 9.34. The second-order valence-corrected chi connectivity index (χ2v) is 9.34. The lowest BCUT2D eigenvalue weighted by atomic mass is 9.78. The van der Waals surface area contributed by atoms with Gasteiger partial charge in [-0.1, -0.05) is 19.9 Å². The van der Waals surface area contributed by atoms with Crippen LogP contribution in [0, 0.1) is 5.82 Å². The van der Waals surface area contributed by atoms with Gasteiger partial charge in [0.1, 0.15) is 23.2 Å². The average Bonchev–Trinajstić information content (AvgIpc) is 3.32. The molecule has 10 nitrogen and oxygen atoms in total. The van der Waals surface area contributed by atoms with Crippen molar-refractivity contribution < 1.29 is 18.7 Å². The summed E-state index contributed by atoms with van der Waals surface area (Å²) in [5.74, 6) is 0.462. The number of benzene rings is 2. The number of carbonyl (C=O) groups is 2.